The van der Waals surface area contributed by atoms with Gasteiger partial charge >= 0.3 is 5.97 Å². The van der Waals surface area contributed by atoms with Gasteiger partial charge in [0, 0.05) is 13.2 Å². The molecule has 25 heavy (non-hydrogen) atoms. The number of benzene rings is 1. The highest BCUT2D eigenvalue weighted by Crippen LogP contribution is 2.25. The third-order valence-corrected chi connectivity index (χ3v) is 3.45. The molecule has 138 valence electrons. The molecule has 0 radical (unpaired) electrons. The molecule has 0 unspecified atom stereocenters. The number of aliphatic hydroxyl groups is 2. The lowest BCUT2D eigenvalue weighted by atomic mass is 9.98. The molecule has 0 heterocycles. The summed E-state index contributed by atoms with van der Waals surface area (Å²) in [5.74, 6) is 0.197. The number of hydrogen-bond acceptors (Lipinski definition) is 6. The number of methoxy groups -OCH3 is 1. The lowest BCUT2D eigenvalue weighted by molar-refractivity contribution is -0.137. The van der Waals surface area contributed by atoms with Gasteiger partial charge in [-0.15, -0.1) is 0 Å². The molecule has 0 spiro atoms. The van der Waals surface area contributed by atoms with Crippen molar-refractivity contribution in [1.29, 1.82) is 0 Å². The molecule has 0 aliphatic heterocycles. The Bertz CT molecular complexity index is 576. The van der Waals surface area contributed by atoms with Crippen LogP contribution in [0.15, 0.2) is 48.1 Å². The predicted octanol–water partition coefficient (Wildman–Crippen LogP) is 2.17. The number of allylic oxidation sites excluding steroid dienone is 2. The van der Waals surface area contributed by atoms with E-state index in [1.54, 1.807) is 43.3 Å². The third-order valence-electron chi connectivity index (χ3n) is 3.45. The summed E-state index contributed by atoms with van der Waals surface area (Å²) in [7, 11) is 1.51. The minimum Gasteiger partial charge on any atom is -0.491 e. The topological polar surface area (TPSA) is 85.2 Å². The third kappa shape index (κ3) is 7.09. The van der Waals surface area contributed by atoms with Crippen molar-refractivity contribution in [2.24, 2.45) is 0 Å². The van der Waals surface area contributed by atoms with Crippen molar-refractivity contribution in [3.63, 3.8) is 0 Å². The SMILES string of the molecule is CCOC(=O)/C=C/C=C(\C)[C@H](OC)[C@@H](O)c1ccc(OCCO)cc1. The van der Waals surface area contributed by atoms with Gasteiger partial charge in [0.1, 0.15) is 24.6 Å². The molecule has 0 bridgehead atoms. The van der Waals surface area contributed by atoms with E-state index in [2.05, 4.69) is 0 Å². The van der Waals surface area contributed by atoms with Gasteiger partial charge in [0.25, 0.3) is 0 Å². The summed E-state index contributed by atoms with van der Waals surface area (Å²) < 4.78 is 15.5. The van der Waals surface area contributed by atoms with Gasteiger partial charge in [-0.1, -0.05) is 24.3 Å². The number of rotatable bonds is 10. The Kier molecular flexibility index (Phi) is 9.54. The van der Waals surface area contributed by atoms with Crippen molar-refractivity contribution in [3.8, 4) is 5.75 Å². The van der Waals surface area contributed by atoms with Gasteiger partial charge in [0.15, 0.2) is 0 Å². The van der Waals surface area contributed by atoms with Crippen LogP contribution >= 0.6 is 0 Å². The fourth-order valence-corrected chi connectivity index (χ4v) is 2.23. The molecule has 6 heteroatoms. The van der Waals surface area contributed by atoms with Crippen molar-refractivity contribution >= 4 is 5.97 Å². The number of ether oxygens (including phenoxy) is 3. The molecule has 2 N–H and O–H groups in total. The van der Waals surface area contributed by atoms with E-state index in [4.69, 9.17) is 19.3 Å². The molecule has 0 saturated carbocycles. The Morgan fingerprint density at radius 1 is 1.28 bits per heavy atom. The molecule has 0 aliphatic rings. The molecular weight excluding hydrogens is 324 g/mol. The van der Waals surface area contributed by atoms with Crippen LogP contribution in [0.4, 0.5) is 0 Å². The van der Waals surface area contributed by atoms with Crippen LogP contribution in [-0.2, 0) is 14.3 Å². The van der Waals surface area contributed by atoms with Gasteiger partial charge in [0.2, 0.25) is 0 Å². The number of esters is 1. The van der Waals surface area contributed by atoms with Crippen molar-refractivity contribution in [1.82, 2.24) is 0 Å². The zero-order chi connectivity index (χ0) is 18.7. The maximum absolute atomic E-state index is 11.3. The second-order valence-corrected chi connectivity index (χ2v) is 5.26. The van der Waals surface area contributed by atoms with Crippen LogP contribution in [0, 0.1) is 0 Å². The highest BCUT2D eigenvalue weighted by atomic mass is 16.5. The van der Waals surface area contributed by atoms with Crippen molar-refractivity contribution in [3.05, 3.63) is 53.6 Å². The fourth-order valence-electron chi connectivity index (χ4n) is 2.23. The highest BCUT2D eigenvalue weighted by molar-refractivity contribution is 5.82. The van der Waals surface area contributed by atoms with Crippen molar-refractivity contribution in [2.45, 2.75) is 26.1 Å². The minimum atomic E-state index is -0.871. The van der Waals surface area contributed by atoms with Gasteiger partial charge in [-0.05, 0) is 37.1 Å². The van der Waals surface area contributed by atoms with Crippen molar-refractivity contribution in [2.75, 3.05) is 26.9 Å². The summed E-state index contributed by atoms with van der Waals surface area (Å²) in [5.41, 5.74) is 1.43. The van der Waals surface area contributed by atoms with E-state index < -0.39 is 18.2 Å². The molecular formula is C19H26O6. The Morgan fingerprint density at radius 2 is 1.96 bits per heavy atom. The molecule has 1 aromatic rings. The first-order chi connectivity index (χ1) is 12.0. The monoisotopic (exact) mass is 350 g/mol. The van der Waals surface area contributed by atoms with Crippen LogP contribution < -0.4 is 4.74 Å². The Balaban J connectivity index is 2.78. The molecule has 2 atom stereocenters. The summed E-state index contributed by atoms with van der Waals surface area (Å²) >= 11 is 0. The zero-order valence-electron chi connectivity index (χ0n) is 14.8. The van der Waals surface area contributed by atoms with Gasteiger partial charge in [-0.2, -0.15) is 0 Å². The molecule has 6 nitrogen and oxygen atoms in total. The van der Waals surface area contributed by atoms with Gasteiger partial charge < -0.3 is 24.4 Å². The largest absolute Gasteiger partial charge is 0.491 e. The molecule has 0 fully saturated rings. The Labute approximate surface area is 148 Å². The molecule has 1 rings (SSSR count). The van der Waals surface area contributed by atoms with Gasteiger partial charge in [-0.25, -0.2) is 4.79 Å². The average molecular weight is 350 g/mol. The summed E-state index contributed by atoms with van der Waals surface area (Å²) in [4.78, 5) is 11.3. The van der Waals surface area contributed by atoms with Crippen LogP contribution in [0.3, 0.4) is 0 Å². The number of carbonyl (C=O) groups excluding carboxylic acids is 1. The van der Waals surface area contributed by atoms with Crippen LogP contribution in [-0.4, -0.2) is 49.2 Å². The lowest BCUT2D eigenvalue weighted by Crippen LogP contribution is -2.22. The smallest absolute Gasteiger partial charge is 0.330 e. The molecule has 1 aromatic carbocycles. The van der Waals surface area contributed by atoms with Gasteiger partial charge in [0.05, 0.1) is 13.2 Å². The van der Waals surface area contributed by atoms with E-state index in [-0.39, 0.29) is 13.2 Å². The standard InChI is InChI=1S/C19H26O6/c1-4-24-17(21)7-5-6-14(2)19(23-3)18(22)15-8-10-16(11-9-15)25-13-12-20/h5-11,18-20,22H,4,12-13H2,1-3H3/b7-5+,14-6+/t18-,19-/m0/s1. The average Bonchev–Trinajstić information content (AvgIpc) is 2.61. The second kappa shape index (κ2) is 11.4. The predicted molar refractivity (Wildman–Crippen MR) is 94.3 cm³/mol. The molecule has 0 aromatic heterocycles. The maximum atomic E-state index is 11.3. The first-order valence-corrected chi connectivity index (χ1v) is 8.09. The van der Waals surface area contributed by atoms with Crippen LogP contribution in [0.1, 0.15) is 25.5 Å². The minimum absolute atomic E-state index is 0.0561. The number of hydrogen-bond donors (Lipinski definition) is 2. The van der Waals surface area contributed by atoms with Gasteiger partial charge in [-0.3, -0.25) is 0 Å². The van der Waals surface area contributed by atoms with E-state index in [9.17, 15) is 9.90 Å². The first-order valence-electron chi connectivity index (χ1n) is 8.09. The molecule has 0 amide bonds. The molecule has 0 saturated heterocycles. The van der Waals surface area contributed by atoms with Crippen LogP contribution in [0.5, 0.6) is 5.75 Å². The van der Waals surface area contributed by atoms with Crippen LogP contribution in [0.25, 0.3) is 0 Å². The van der Waals surface area contributed by atoms with E-state index in [0.717, 1.165) is 5.57 Å². The highest BCUT2D eigenvalue weighted by Gasteiger charge is 2.22. The van der Waals surface area contributed by atoms with E-state index in [1.165, 1.54) is 13.2 Å². The second-order valence-electron chi connectivity index (χ2n) is 5.26. The normalized spacial score (nSPS) is 14.4. The number of aliphatic hydroxyl groups excluding tert-OH is 2. The Morgan fingerprint density at radius 3 is 2.52 bits per heavy atom. The van der Waals surface area contributed by atoms with E-state index >= 15 is 0 Å². The summed E-state index contributed by atoms with van der Waals surface area (Å²) in [6.07, 6.45) is 3.16. The molecule has 0 aliphatic carbocycles. The summed E-state index contributed by atoms with van der Waals surface area (Å²) in [6.45, 7) is 4.04. The lowest BCUT2D eigenvalue weighted by Gasteiger charge is -2.23. The fraction of sp³-hybridized carbons (Fsp3) is 0.421. The maximum Gasteiger partial charge on any atom is 0.330 e. The quantitative estimate of drug-likeness (QED) is 0.382. The van der Waals surface area contributed by atoms with E-state index in [1.807, 2.05) is 6.92 Å². The summed E-state index contributed by atoms with van der Waals surface area (Å²) in [6, 6.07) is 6.93. The zero-order valence-corrected chi connectivity index (χ0v) is 14.8. The van der Waals surface area contributed by atoms with E-state index in [0.29, 0.717) is 17.9 Å². The van der Waals surface area contributed by atoms with Crippen molar-refractivity contribution < 1.29 is 29.2 Å². The van der Waals surface area contributed by atoms with Crippen LogP contribution in [0.2, 0.25) is 0 Å². The summed E-state index contributed by atoms with van der Waals surface area (Å²) in [5, 5.41) is 19.3. The first kappa shape index (κ1) is 20.9. The Hall–Kier alpha value is -2.15. The number of carbonyl (C=O) groups is 1.